The SMILES string of the molecule is CCCC/C=C\CCCCCCCCOCC(COP(=O)(O)OCC(O)CO)OC(=O)CCCCCCC/C=C\C/C=C\CCCCCC. The zero-order valence-corrected chi connectivity index (χ0v) is 32.1. The van der Waals surface area contributed by atoms with Crippen LogP contribution in [0, 0.1) is 0 Å². The van der Waals surface area contributed by atoms with E-state index >= 15 is 0 Å². The van der Waals surface area contributed by atoms with E-state index in [9.17, 15) is 19.4 Å². The number of hydrogen-bond acceptors (Lipinski definition) is 8. The molecule has 0 saturated carbocycles. The average molecular weight is 717 g/mol. The quantitative estimate of drug-likeness (QED) is 0.0249. The number of esters is 1. The van der Waals surface area contributed by atoms with Gasteiger partial charge in [0.15, 0.2) is 0 Å². The molecule has 0 aromatic carbocycles. The number of aliphatic hydroxyl groups excluding tert-OH is 2. The minimum Gasteiger partial charge on any atom is -0.457 e. The highest BCUT2D eigenvalue weighted by molar-refractivity contribution is 7.47. The van der Waals surface area contributed by atoms with Crippen LogP contribution in [0.5, 0.6) is 0 Å². The van der Waals surface area contributed by atoms with E-state index in [0.29, 0.717) is 13.0 Å². The molecule has 288 valence electrons. The second kappa shape index (κ2) is 36.5. The summed E-state index contributed by atoms with van der Waals surface area (Å²) in [6.07, 6.45) is 36.7. The molecule has 0 saturated heterocycles. The summed E-state index contributed by atoms with van der Waals surface area (Å²) < 4.78 is 33.2. The van der Waals surface area contributed by atoms with Gasteiger partial charge in [-0.15, -0.1) is 0 Å². The molecule has 0 fully saturated rings. The van der Waals surface area contributed by atoms with E-state index in [1.165, 1.54) is 70.6 Å². The summed E-state index contributed by atoms with van der Waals surface area (Å²) in [5, 5.41) is 18.3. The third kappa shape index (κ3) is 36.3. The van der Waals surface area contributed by atoms with Gasteiger partial charge < -0.3 is 24.6 Å². The van der Waals surface area contributed by atoms with Gasteiger partial charge in [0, 0.05) is 13.0 Å². The number of unbranched alkanes of at least 4 members (excludes halogenated alkanes) is 17. The van der Waals surface area contributed by atoms with Crippen LogP contribution in [0.1, 0.15) is 162 Å². The zero-order valence-electron chi connectivity index (χ0n) is 31.2. The van der Waals surface area contributed by atoms with E-state index in [1.807, 2.05) is 0 Å². The molecule has 0 spiro atoms. The molecule has 0 aliphatic carbocycles. The maximum absolute atomic E-state index is 12.6. The lowest BCUT2D eigenvalue weighted by Gasteiger charge is -2.20. The lowest BCUT2D eigenvalue weighted by atomic mass is 10.1. The summed E-state index contributed by atoms with van der Waals surface area (Å²) in [5.41, 5.74) is 0. The van der Waals surface area contributed by atoms with Gasteiger partial charge in [0.1, 0.15) is 12.2 Å². The van der Waals surface area contributed by atoms with Crippen LogP contribution in [-0.2, 0) is 27.9 Å². The fourth-order valence-electron chi connectivity index (χ4n) is 5.01. The van der Waals surface area contributed by atoms with Crippen LogP contribution in [0.3, 0.4) is 0 Å². The highest BCUT2D eigenvalue weighted by Crippen LogP contribution is 2.43. The number of ether oxygens (including phenoxy) is 2. The van der Waals surface area contributed by atoms with Crippen LogP contribution in [0.25, 0.3) is 0 Å². The Balaban J connectivity index is 4.26. The molecule has 0 aliphatic rings. The van der Waals surface area contributed by atoms with Crippen LogP contribution >= 0.6 is 7.82 Å². The second-order valence-corrected chi connectivity index (χ2v) is 14.4. The van der Waals surface area contributed by atoms with Crippen molar-refractivity contribution in [3.63, 3.8) is 0 Å². The van der Waals surface area contributed by atoms with E-state index in [1.54, 1.807) is 0 Å². The molecule has 10 heteroatoms. The molecule has 0 amide bonds. The molecule has 49 heavy (non-hydrogen) atoms. The van der Waals surface area contributed by atoms with Crippen molar-refractivity contribution in [2.24, 2.45) is 0 Å². The summed E-state index contributed by atoms with van der Waals surface area (Å²) in [7, 11) is -4.52. The number of allylic oxidation sites excluding steroid dienone is 6. The minimum atomic E-state index is -4.52. The molecule has 9 nitrogen and oxygen atoms in total. The van der Waals surface area contributed by atoms with Gasteiger partial charge in [-0.25, -0.2) is 4.57 Å². The van der Waals surface area contributed by atoms with Crippen molar-refractivity contribution >= 4 is 13.8 Å². The van der Waals surface area contributed by atoms with Gasteiger partial charge in [-0.2, -0.15) is 0 Å². The van der Waals surface area contributed by atoms with Gasteiger partial charge >= 0.3 is 13.8 Å². The highest BCUT2D eigenvalue weighted by atomic mass is 31.2. The Hall–Kier alpha value is -1.32. The summed E-state index contributed by atoms with van der Waals surface area (Å²) >= 11 is 0. The molecule has 0 aromatic heterocycles. The molecule has 0 bridgehead atoms. The van der Waals surface area contributed by atoms with Gasteiger partial charge in [0.25, 0.3) is 0 Å². The van der Waals surface area contributed by atoms with Crippen LogP contribution < -0.4 is 0 Å². The van der Waals surface area contributed by atoms with Crippen LogP contribution in [-0.4, -0.2) is 66.3 Å². The molecule has 3 unspecified atom stereocenters. The Morgan fingerprint density at radius 1 is 0.633 bits per heavy atom. The number of phosphoric acid groups is 1. The molecule has 0 aromatic rings. The Morgan fingerprint density at radius 2 is 1.12 bits per heavy atom. The monoisotopic (exact) mass is 716 g/mol. The predicted molar refractivity (Wildman–Crippen MR) is 200 cm³/mol. The number of carbonyl (C=O) groups excluding carboxylic acids is 1. The van der Waals surface area contributed by atoms with Crippen molar-refractivity contribution in [1.82, 2.24) is 0 Å². The molecule has 0 heterocycles. The summed E-state index contributed by atoms with van der Waals surface area (Å²) in [6.45, 7) is 3.42. The smallest absolute Gasteiger partial charge is 0.457 e. The van der Waals surface area contributed by atoms with Crippen LogP contribution in [0.4, 0.5) is 0 Å². The summed E-state index contributed by atoms with van der Waals surface area (Å²) in [6, 6.07) is 0. The van der Waals surface area contributed by atoms with E-state index in [0.717, 1.165) is 64.2 Å². The fourth-order valence-corrected chi connectivity index (χ4v) is 5.80. The molecule has 0 rings (SSSR count). The first-order valence-corrected chi connectivity index (χ1v) is 21.0. The predicted octanol–water partition coefficient (Wildman–Crippen LogP) is 10.1. The molecular weight excluding hydrogens is 643 g/mol. The molecule has 0 radical (unpaired) electrons. The zero-order chi connectivity index (χ0) is 36.1. The molecular formula is C39H73O9P. The van der Waals surface area contributed by atoms with Gasteiger partial charge in [0.05, 0.1) is 26.4 Å². The highest BCUT2D eigenvalue weighted by Gasteiger charge is 2.26. The Bertz CT molecular complexity index is 861. The second-order valence-electron chi connectivity index (χ2n) is 12.9. The number of phosphoric ester groups is 1. The number of hydrogen-bond donors (Lipinski definition) is 3. The summed E-state index contributed by atoms with van der Waals surface area (Å²) in [5.74, 6) is -0.400. The third-order valence-electron chi connectivity index (χ3n) is 8.05. The van der Waals surface area contributed by atoms with Crippen molar-refractivity contribution in [2.75, 3.05) is 33.0 Å². The van der Waals surface area contributed by atoms with E-state index in [-0.39, 0.29) is 19.6 Å². The van der Waals surface area contributed by atoms with Gasteiger partial charge in [-0.05, 0) is 64.2 Å². The Kier molecular flexibility index (Phi) is 35.5. The van der Waals surface area contributed by atoms with E-state index in [4.69, 9.17) is 23.6 Å². The average Bonchev–Trinajstić information content (AvgIpc) is 3.09. The van der Waals surface area contributed by atoms with E-state index < -0.39 is 39.2 Å². The van der Waals surface area contributed by atoms with E-state index in [2.05, 4.69) is 50.3 Å². The maximum Gasteiger partial charge on any atom is 0.472 e. The van der Waals surface area contributed by atoms with Crippen molar-refractivity contribution < 1.29 is 43.0 Å². The first kappa shape index (κ1) is 47.7. The number of aliphatic hydroxyl groups is 2. The normalized spacial score (nSPS) is 14.6. The van der Waals surface area contributed by atoms with Crippen molar-refractivity contribution in [3.8, 4) is 0 Å². The first-order chi connectivity index (χ1) is 23.8. The molecule has 3 N–H and O–H groups in total. The van der Waals surface area contributed by atoms with Crippen LogP contribution in [0.15, 0.2) is 36.5 Å². The minimum absolute atomic E-state index is 0.0393. The van der Waals surface area contributed by atoms with Crippen molar-refractivity contribution in [2.45, 2.75) is 174 Å². The van der Waals surface area contributed by atoms with Crippen molar-refractivity contribution in [1.29, 1.82) is 0 Å². The molecule has 0 aliphatic heterocycles. The Morgan fingerprint density at radius 3 is 1.71 bits per heavy atom. The lowest BCUT2D eigenvalue weighted by molar-refractivity contribution is -0.154. The topological polar surface area (TPSA) is 132 Å². The molecule has 3 atom stereocenters. The lowest BCUT2D eigenvalue weighted by Crippen LogP contribution is -2.29. The third-order valence-corrected chi connectivity index (χ3v) is 9.00. The van der Waals surface area contributed by atoms with Gasteiger partial charge in [0.2, 0.25) is 0 Å². The largest absolute Gasteiger partial charge is 0.472 e. The number of carbonyl (C=O) groups is 1. The van der Waals surface area contributed by atoms with Crippen molar-refractivity contribution in [3.05, 3.63) is 36.5 Å². The van der Waals surface area contributed by atoms with Gasteiger partial charge in [-0.3, -0.25) is 13.8 Å². The standard InChI is InChI=1S/C39H73O9P/c1-3-5-7-9-11-13-15-17-18-19-20-21-23-25-27-29-31-39(42)48-38(36-47-49(43,44)46-34-37(41)33-40)35-45-32-30-28-26-24-22-16-14-12-10-8-6-4-2/h10,12-13,15,18-19,37-38,40-41H,3-9,11,14,16-17,20-36H2,1-2H3,(H,43,44)/b12-10-,15-13-,19-18-. The van der Waals surface area contributed by atoms with Crippen LogP contribution in [0.2, 0.25) is 0 Å². The summed E-state index contributed by atoms with van der Waals surface area (Å²) in [4.78, 5) is 22.5. The fraction of sp³-hybridized carbons (Fsp3) is 0.821. The first-order valence-electron chi connectivity index (χ1n) is 19.5. The maximum atomic E-state index is 12.6. The Labute approximate surface area is 299 Å². The number of rotatable bonds is 37. The van der Waals surface area contributed by atoms with Gasteiger partial charge in [-0.1, -0.05) is 127 Å².